The number of nitro groups is 1. The van der Waals surface area contributed by atoms with Crippen molar-refractivity contribution in [1.82, 2.24) is 0 Å². The number of nitrogens with zero attached hydrogens (tertiary/aromatic N) is 1. The molecule has 0 heterocycles. The van der Waals surface area contributed by atoms with E-state index in [2.05, 4.69) is 13.8 Å². The van der Waals surface area contributed by atoms with Gasteiger partial charge in [0.1, 0.15) is 5.60 Å². The van der Waals surface area contributed by atoms with Crippen LogP contribution >= 0.6 is 0 Å². The lowest BCUT2D eigenvalue weighted by Gasteiger charge is -2.64. The van der Waals surface area contributed by atoms with Crippen LogP contribution in [0.3, 0.4) is 0 Å². The molecule has 5 heteroatoms. The summed E-state index contributed by atoms with van der Waals surface area (Å²) in [6.45, 7) is 5.65. The van der Waals surface area contributed by atoms with E-state index in [0.29, 0.717) is 19.3 Å². The maximum Gasteiger partial charge on any atom is 0.303 e. The molecule has 4 aliphatic rings. The molecule has 4 saturated carbocycles. The summed E-state index contributed by atoms with van der Waals surface area (Å²) in [4.78, 5) is 23.0. The lowest BCUT2D eigenvalue weighted by molar-refractivity contribution is -0.599. The van der Waals surface area contributed by atoms with Gasteiger partial charge in [-0.15, -0.1) is 0 Å². The minimum absolute atomic E-state index is 0.0635. The molecule has 0 aliphatic heterocycles. The van der Waals surface area contributed by atoms with Gasteiger partial charge < -0.3 is 4.74 Å². The first-order valence-electron chi connectivity index (χ1n) is 6.94. The van der Waals surface area contributed by atoms with E-state index in [1.807, 2.05) is 0 Å². The molecular formula is C14H21NO4. The third-order valence-corrected chi connectivity index (χ3v) is 5.26. The Morgan fingerprint density at radius 2 is 1.58 bits per heavy atom. The summed E-state index contributed by atoms with van der Waals surface area (Å²) in [5, 5.41) is 11.6. The van der Waals surface area contributed by atoms with Crippen LogP contribution in [0, 0.1) is 20.9 Å². The number of carbonyl (C=O) groups excluding carboxylic acids is 1. The van der Waals surface area contributed by atoms with Crippen molar-refractivity contribution in [2.24, 2.45) is 10.8 Å². The van der Waals surface area contributed by atoms with Crippen molar-refractivity contribution in [1.29, 1.82) is 0 Å². The Morgan fingerprint density at radius 3 is 2.00 bits per heavy atom. The van der Waals surface area contributed by atoms with Crippen LogP contribution in [-0.4, -0.2) is 22.0 Å². The zero-order valence-electron chi connectivity index (χ0n) is 11.8. The minimum Gasteiger partial charge on any atom is -0.459 e. The summed E-state index contributed by atoms with van der Waals surface area (Å²) in [5.41, 5.74) is -1.61. The van der Waals surface area contributed by atoms with E-state index in [4.69, 9.17) is 4.74 Å². The van der Waals surface area contributed by atoms with E-state index < -0.39 is 11.1 Å². The van der Waals surface area contributed by atoms with Gasteiger partial charge in [0.15, 0.2) is 0 Å². The second-order valence-corrected chi connectivity index (χ2v) is 7.94. The molecule has 4 fully saturated rings. The average molecular weight is 267 g/mol. The van der Waals surface area contributed by atoms with Gasteiger partial charge in [-0.3, -0.25) is 14.9 Å². The number of hydrogen-bond donors (Lipinski definition) is 0. The van der Waals surface area contributed by atoms with Gasteiger partial charge in [-0.2, -0.15) is 0 Å². The van der Waals surface area contributed by atoms with Crippen molar-refractivity contribution in [3.8, 4) is 0 Å². The minimum atomic E-state index is -0.881. The second kappa shape index (κ2) is 3.30. The molecule has 0 aromatic carbocycles. The molecule has 2 atom stereocenters. The summed E-state index contributed by atoms with van der Waals surface area (Å²) >= 11 is 0. The fourth-order valence-corrected chi connectivity index (χ4v) is 6.13. The van der Waals surface area contributed by atoms with Gasteiger partial charge in [-0.1, -0.05) is 13.8 Å². The van der Waals surface area contributed by atoms with Crippen molar-refractivity contribution in [2.75, 3.05) is 0 Å². The van der Waals surface area contributed by atoms with Gasteiger partial charge in [-0.05, 0) is 30.1 Å². The molecule has 4 bridgehead atoms. The third kappa shape index (κ3) is 1.77. The fraction of sp³-hybridized carbons (Fsp3) is 0.929. The molecule has 0 aromatic rings. The predicted molar refractivity (Wildman–Crippen MR) is 68.1 cm³/mol. The molecule has 5 nitrogen and oxygen atoms in total. The Morgan fingerprint density at radius 1 is 1.05 bits per heavy atom. The highest BCUT2D eigenvalue weighted by Gasteiger charge is 2.72. The molecule has 0 aromatic heterocycles. The monoisotopic (exact) mass is 267 g/mol. The third-order valence-electron chi connectivity index (χ3n) is 5.26. The highest BCUT2D eigenvalue weighted by molar-refractivity contribution is 5.66. The maximum absolute atomic E-state index is 11.6. The molecular weight excluding hydrogens is 246 g/mol. The van der Waals surface area contributed by atoms with Gasteiger partial charge in [0.05, 0.1) is 6.42 Å². The molecule has 0 N–H and O–H groups in total. The lowest BCUT2D eigenvalue weighted by Crippen LogP contribution is -2.68. The van der Waals surface area contributed by atoms with Crippen molar-refractivity contribution in [3.63, 3.8) is 0 Å². The van der Waals surface area contributed by atoms with E-state index in [9.17, 15) is 14.9 Å². The Hall–Kier alpha value is -1.13. The van der Waals surface area contributed by atoms with E-state index in [1.165, 1.54) is 6.92 Å². The summed E-state index contributed by atoms with van der Waals surface area (Å²) < 4.78 is 5.61. The van der Waals surface area contributed by atoms with Crippen molar-refractivity contribution in [3.05, 3.63) is 10.1 Å². The van der Waals surface area contributed by atoms with E-state index in [0.717, 1.165) is 19.3 Å². The normalized spacial score (nSPS) is 51.1. The SMILES string of the molecule is CC(=O)OC12CC3(C)CC(C)(C1)CC([N+](=O)[O-])(C3)C2. The molecule has 4 aliphatic carbocycles. The van der Waals surface area contributed by atoms with Crippen LogP contribution in [0.5, 0.6) is 0 Å². The maximum atomic E-state index is 11.6. The molecule has 2 unspecified atom stereocenters. The van der Waals surface area contributed by atoms with Gasteiger partial charge in [0.25, 0.3) is 0 Å². The van der Waals surface area contributed by atoms with Crippen LogP contribution in [0.4, 0.5) is 0 Å². The van der Waals surface area contributed by atoms with Gasteiger partial charge in [0, 0.05) is 24.7 Å². The van der Waals surface area contributed by atoms with Crippen LogP contribution in [0.1, 0.15) is 59.3 Å². The number of carbonyl (C=O) groups is 1. The van der Waals surface area contributed by atoms with E-state index >= 15 is 0 Å². The second-order valence-electron chi connectivity index (χ2n) is 7.94. The molecule has 106 valence electrons. The first-order chi connectivity index (χ1) is 8.60. The van der Waals surface area contributed by atoms with Crippen molar-refractivity contribution >= 4 is 5.97 Å². The molecule has 0 saturated heterocycles. The Balaban J connectivity index is 2.06. The van der Waals surface area contributed by atoms with E-state index in [-0.39, 0.29) is 21.7 Å². The Labute approximate surface area is 112 Å². The number of esters is 1. The number of ether oxygens (including phenoxy) is 1. The Kier molecular flexibility index (Phi) is 2.24. The zero-order chi connectivity index (χ0) is 14.1. The van der Waals surface area contributed by atoms with Crippen LogP contribution in [0.2, 0.25) is 0 Å². The quantitative estimate of drug-likeness (QED) is 0.438. The first kappa shape index (κ1) is 12.9. The van der Waals surface area contributed by atoms with Gasteiger partial charge >= 0.3 is 5.97 Å². The molecule has 4 rings (SSSR count). The van der Waals surface area contributed by atoms with Crippen molar-refractivity contribution in [2.45, 2.75) is 70.4 Å². The highest BCUT2D eigenvalue weighted by Crippen LogP contribution is 2.69. The number of rotatable bonds is 2. The largest absolute Gasteiger partial charge is 0.459 e. The van der Waals surface area contributed by atoms with Gasteiger partial charge in [-0.25, -0.2) is 0 Å². The van der Waals surface area contributed by atoms with Crippen LogP contribution in [0.15, 0.2) is 0 Å². The van der Waals surface area contributed by atoms with Crippen LogP contribution < -0.4 is 0 Å². The molecule has 19 heavy (non-hydrogen) atoms. The van der Waals surface area contributed by atoms with Crippen LogP contribution in [-0.2, 0) is 9.53 Å². The number of hydrogen-bond acceptors (Lipinski definition) is 4. The van der Waals surface area contributed by atoms with Gasteiger partial charge in [0.2, 0.25) is 5.54 Å². The smallest absolute Gasteiger partial charge is 0.303 e. The molecule has 0 amide bonds. The topological polar surface area (TPSA) is 69.4 Å². The first-order valence-corrected chi connectivity index (χ1v) is 6.94. The molecule has 0 spiro atoms. The summed E-state index contributed by atoms with van der Waals surface area (Å²) in [5.74, 6) is -0.312. The summed E-state index contributed by atoms with van der Waals surface area (Å²) in [6.07, 6.45) is 4.24. The lowest BCUT2D eigenvalue weighted by atomic mass is 9.41. The zero-order valence-corrected chi connectivity index (χ0v) is 11.8. The summed E-state index contributed by atoms with van der Waals surface area (Å²) in [7, 11) is 0. The summed E-state index contributed by atoms with van der Waals surface area (Å²) in [6, 6.07) is 0. The standard InChI is InChI=1S/C14H21NO4/c1-10(16)19-14-7-11(2)4-12(3,8-14)6-13(5-11,9-14)15(17)18/h4-9H2,1-3H3. The fourth-order valence-electron chi connectivity index (χ4n) is 6.13. The average Bonchev–Trinajstić information content (AvgIpc) is 2.07. The molecule has 0 radical (unpaired) electrons. The van der Waals surface area contributed by atoms with Crippen LogP contribution in [0.25, 0.3) is 0 Å². The Bertz CT molecular complexity index is 454. The highest BCUT2D eigenvalue weighted by atomic mass is 16.6. The predicted octanol–water partition coefficient (Wildman–Crippen LogP) is 2.70. The van der Waals surface area contributed by atoms with Crippen molar-refractivity contribution < 1.29 is 14.5 Å². The van der Waals surface area contributed by atoms with E-state index in [1.54, 1.807) is 0 Å².